The van der Waals surface area contributed by atoms with Gasteiger partial charge >= 0.3 is 443 Å². The average Bonchev–Trinajstić information content (AvgIpc) is 3.43. The third-order valence-electron chi connectivity index (χ3n) is 13.8. The van der Waals surface area contributed by atoms with Crippen LogP contribution in [-0.2, 0) is 9.59 Å². The number of hydrogen-bond acceptors (Lipinski definition) is 2. The third-order valence-corrected chi connectivity index (χ3v) is 40.9. The molecule has 8 aromatic carbocycles. The molecule has 0 fully saturated rings. The van der Waals surface area contributed by atoms with Crippen molar-refractivity contribution >= 4 is 86.0 Å². The number of rotatable bonds is 20. The Morgan fingerprint density at radius 1 is 0.366 bits per heavy atom. The minimum atomic E-state index is -3.54. The van der Waals surface area contributed by atoms with Gasteiger partial charge in [-0.25, -0.2) is 0 Å². The number of carboxylic acids is 2. The average molecular weight is 1170 g/mol. The molecule has 0 aliphatic rings. The van der Waals surface area contributed by atoms with Crippen LogP contribution in [0.2, 0.25) is 8.87 Å². The van der Waals surface area contributed by atoms with E-state index in [-0.39, 0.29) is 30.6 Å². The molecule has 0 spiro atoms. The SMILES string of the molecule is CC(C(=O)O)[CH](c1ccccc1)[Ge]([c]1ccccc1)([c]1ccccc1)[c]1ccccc1.CC(C(=O)O)[CH](c1ccccc1)[Ge]([c]1ccccc1)([c]1ccccc1)[c]1ccccc1.CCC[CH2][Sn][CH2]CCC. The van der Waals surface area contributed by atoms with E-state index in [2.05, 4.69) is 184 Å². The Labute approximate surface area is 439 Å². The molecular weight excluding hydrogens is 1100 g/mol. The van der Waals surface area contributed by atoms with Gasteiger partial charge in [-0.1, -0.05) is 0 Å². The molecule has 0 bridgehead atoms. The molecule has 0 saturated heterocycles. The molecule has 71 heavy (non-hydrogen) atoms. The molecule has 8 rings (SSSR count). The van der Waals surface area contributed by atoms with E-state index < -0.39 is 50.3 Å². The predicted octanol–water partition coefficient (Wildman–Crippen LogP) is 11.5. The van der Waals surface area contributed by atoms with Gasteiger partial charge in [-0.05, 0) is 0 Å². The second-order valence-corrected chi connectivity index (χ2v) is 39.2. The van der Waals surface area contributed by atoms with Crippen LogP contribution in [0.4, 0.5) is 0 Å². The third kappa shape index (κ3) is 13.6. The maximum atomic E-state index is 12.5. The van der Waals surface area contributed by atoms with Gasteiger partial charge < -0.3 is 0 Å². The van der Waals surface area contributed by atoms with Gasteiger partial charge in [-0.2, -0.15) is 0 Å². The molecule has 8 aromatic rings. The Kier molecular flexibility index (Phi) is 22.1. The van der Waals surface area contributed by atoms with E-state index in [1.54, 1.807) is 8.87 Å². The first-order chi connectivity index (χ1) is 34.7. The molecule has 4 atom stereocenters. The van der Waals surface area contributed by atoms with Gasteiger partial charge in [0.25, 0.3) is 0 Å². The van der Waals surface area contributed by atoms with Crippen LogP contribution in [0, 0.1) is 11.8 Å². The van der Waals surface area contributed by atoms with Crippen molar-refractivity contribution < 1.29 is 19.8 Å². The standard InChI is InChI=1S/2C28H26GeO2.2C4H9.Sn/c2*1-22(28(30)31)27(23-14-6-2-7-15-23)29(24-16-8-3-9-17-24,25-18-10-4-11-19-25)26-20-12-5-13-21-26;2*1-3-4-2;/h2*2-22,27H,1H3,(H,30,31);2*1,3-4H2,2H3;. The van der Waals surface area contributed by atoms with E-state index in [0.29, 0.717) is 0 Å². The number of carboxylic acid groups (broad SMARTS) is 2. The second-order valence-electron chi connectivity index (χ2n) is 18.3. The van der Waals surface area contributed by atoms with Gasteiger partial charge in [0.05, 0.1) is 0 Å². The molecule has 7 heteroatoms. The zero-order chi connectivity index (χ0) is 50.3. The molecule has 0 aliphatic heterocycles. The monoisotopic (exact) mass is 1170 g/mol. The summed E-state index contributed by atoms with van der Waals surface area (Å²) in [7, 11) is 0. The Balaban J connectivity index is 0.000000199. The summed E-state index contributed by atoms with van der Waals surface area (Å²) in [6.45, 7) is 8.32. The van der Waals surface area contributed by atoms with Crippen LogP contribution in [0.3, 0.4) is 0 Å². The van der Waals surface area contributed by atoms with Crippen LogP contribution in [-0.4, -0.2) is 69.8 Å². The van der Waals surface area contributed by atoms with Crippen molar-refractivity contribution in [1.29, 1.82) is 0 Å². The second kappa shape index (κ2) is 28.6. The fourth-order valence-corrected chi connectivity index (χ4v) is 39.0. The zero-order valence-electron chi connectivity index (χ0n) is 41.9. The Morgan fingerprint density at radius 2 is 0.563 bits per heavy atom. The van der Waals surface area contributed by atoms with E-state index in [1.165, 1.54) is 52.1 Å². The zero-order valence-corrected chi connectivity index (χ0v) is 48.9. The molecule has 4 nitrogen and oxygen atoms in total. The van der Waals surface area contributed by atoms with Crippen LogP contribution in [0.5, 0.6) is 0 Å². The van der Waals surface area contributed by atoms with Crippen molar-refractivity contribution in [3.63, 3.8) is 0 Å². The molecule has 0 aliphatic carbocycles. The predicted molar refractivity (Wildman–Crippen MR) is 305 cm³/mol. The number of aliphatic carboxylic acids is 2. The van der Waals surface area contributed by atoms with Crippen molar-refractivity contribution in [3.05, 3.63) is 254 Å². The van der Waals surface area contributed by atoms with E-state index in [9.17, 15) is 19.8 Å². The molecule has 0 aromatic heterocycles. The molecule has 0 amide bonds. The summed E-state index contributed by atoms with van der Waals surface area (Å²) in [5.74, 6) is -2.59. The molecule has 0 saturated carbocycles. The number of hydrogen-bond donors (Lipinski definition) is 2. The molecular formula is C64H70Ge2O4Sn. The van der Waals surface area contributed by atoms with Gasteiger partial charge in [0.15, 0.2) is 0 Å². The van der Waals surface area contributed by atoms with Gasteiger partial charge in [0, 0.05) is 0 Å². The van der Waals surface area contributed by atoms with Crippen LogP contribution < -0.4 is 26.4 Å². The molecule has 362 valence electrons. The van der Waals surface area contributed by atoms with Crippen molar-refractivity contribution in [2.45, 2.75) is 71.8 Å². The number of unbranched alkanes of at least 4 members (excludes halogenated alkanes) is 2. The fourth-order valence-electron chi connectivity index (χ4n) is 10.4. The van der Waals surface area contributed by atoms with Gasteiger partial charge in [-0.3, -0.25) is 0 Å². The van der Waals surface area contributed by atoms with Gasteiger partial charge in [0.2, 0.25) is 0 Å². The van der Waals surface area contributed by atoms with Crippen LogP contribution in [0.15, 0.2) is 243 Å². The Bertz CT molecular complexity index is 2350. The van der Waals surface area contributed by atoms with E-state index >= 15 is 0 Å². The maximum absolute atomic E-state index is 12.5. The topological polar surface area (TPSA) is 74.6 Å². The van der Waals surface area contributed by atoms with E-state index in [1.807, 2.05) is 86.6 Å². The van der Waals surface area contributed by atoms with Crippen molar-refractivity contribution in [2.75, 3.05) is 0 Å². The molecule has 2 N–H and O–H groups in total. The minimum absolute atomic E-state index is 0.133. The first kappa shape index (κ1) is 54.9. The summed E-state index contributed by atoms with van der Waals surface area (Å²) in [5, 5.41) is 20.5. The summed E-state index contributed by atoms with van der Waals surface area (Å²) in [6, 6.07) is 84.0. The summed E-state index contributed by atoms with van der Waals surface area (Å²) in [5.41, 5.74) is 2.18. The van der Waals surface area contributed by atoms with Crippen molar-refractivity contribution in [2.24, 2.45) is 11.8 Å². The normalized spacial score (nSPS) is 12.9. The number of carbonyl (C=O) groups is 2. The fraction of sp³-hybridized carbons (Fsp3) is 0.219. The van der Waals surface area contributed by atoms with Crippen molar-refractivity contribution in [1.82, 2.24) is 0 Å². The summed E-state index contributed by atoms with van der Waals surface area (Å²) in [4.78, 5) is 25.0. The van der Waals surface area contributed by atoms with Gasteiger partial charge in [0.1, 0.15) is 0 Å². The summed E-state index contributed by atoms with van der Waals surface area (Å²) >= 11 is -6.94. The van der Waals surface area contributed by atoms with E-state index in [0.717, 1.165) is 11.1 Å². The van der Waals surface area contributed by atoms with Crippen LogP contribution in [0.25, 0.3) is 0 Å². The summed E-state index contributed by atoms with van der Waals surface area (Å²) in [6.07, 6.45) is 5.84. The summed E-state index contributed by atoms with van der Waals surface area (Å²) < 4.78 is 10.6. The molecule has 2 radical (unpaired) electrons. The Morgan fingerprint density at radius 3 is 0.746 bits per heavy atom. The Hall–Kier alpha value is -5.42. The van der Waals surface area contributed by atoms with Crippen molar-refractivity contribution in [3.8, 4) is 0 Å². The molecule has 4 unspecified atom stereocenters. The van der Waals surface area contributed by atoms with E-state index in [4.69, 9.17) is 0 Å². The molecule has 0 heterocycles. The first-order valence-corrected chi connectivity index (χ1v) is 38.1. The first-order valence-electron chi connectivity index (χ1n) is 25.3. The quantitative estimate of drug-likeness (QED) is 0.0589. The van der Waals surface area contributed by atoms with Gasteiger partial charge in [-0.15, -0.1) is 0 Å². The number of benzene rings is 8. The van der Waals surface area contributed by atoms with Crippen LogP contribution in [0.1, 0.15) is 74.0 Å². The van der Waals surface area contributed by atoms with Crippen LogP contribution >= 0.6 is 0 Å².